The van der Waals surface area contributed by atoms with Gasteiger partial charge in [-0.25, -0.2) is 4.39 Å². The number of carbonyl (C=O) groups is 2. The summed E-state index contributed by atoms with van der Waals surface area (Å²) in [4.78, 5) is 23.6. The van der Waals surface area contributed by atoms with E-state index in [1.165, 1.54) is 12.1 Å². The van der Waals surface area contributed by atoms with Crippen molar-refractivity contribution in [3.63, 3.8) is 0 Å². The van der Waals surface area contributed by atoms with Crippen LogP contribution in [-0.4, -0.2) is 23.0 Å². The molecule has 2 saturated carbocycles. The van der Waals surface area contributed by atoms with Gasteiger partial charge in [-0.1, -0.05) is 0 Å². The number of nitrogens with one attached hydrogen (secondary N) is 1. The average Bonchev–Trinajstić information content (AvgIpc) is 2.98. The molecule has 0 aliphatic heterocycles. The second kappa shape index (κ2) is 5.02. The van der Waals surface area contributed by atoms with Gasteiger partial charge in [0.05, 0.1) is 11.5 Å². The van der Waals surface area contributed by atoms with Crippen molar-refractivity contribution in [3.05, 3.63) is 29.6 Å². The van der Waals surface area contributed by atoms with Crippen molar-refractivity contribution >= 4 is 17.6 Å². The van der Waals surface area contributed by atoms with Crippen LogP contribution in [0.3, 0.4) is 0 Å². The molecule has 4 unspecified atom stereocenters. The second-order valence-electron chi connectivity index (χ2n) is 5.94. The molecule has 4 atom stereocenters. The molecular weight excluding hydrogens is 275 g/mol. The minimum atomic E-state index is -0.884. The van der Waals surface area contributed by atoms with Crippen LogP contribution in [0.4, 0.5) is 10.1 Å². The maximum absolute atomic E-state index is 13.8. The molecule has 3 rings (SSSR count). The third kappa shape index (κ3) is 2.34. The molecule has 2 fully saturated rings. The lowest BCUT2D eigenvalue weighted by Gasteiger charge is -2.28. The number of aliphatic carboxylic acids is 1. The zero-order valence-corrected chi connectivity index (χ0v) is 11.4. The van der Waals surface area contributed by atoms with Crippen molar-refractivity contribution in [2.24, 2.45) is 17.8 Å². The number of hydrogen-bond acceptors (Lipinski definition) is 3. The number of anilines is 1. The highest BCUT2D eigenvalue weighted by Gasteiger charge is 2.51. The van der Waals surface area contributed by atoms with Crippen LogP contribution < -0.4 is 11.1 Å². The fourth-order valence-electron chi connectivity index (χ4n) is 3.80. The molecule has 0 spiro atoms. The van der Waals surface area contributed by atoms with Gasteiger partial charge in [0.15, 0.2) is 0 Å². The number of amides is 1. The average molecular weight is 292 g/mol. The Bertz CT molecular complexity index is 605. The number of hydrogen-bond donors (Lipinski definition) is 3. The maximum atomic E-state index is 13.8. The molecule has 0 aromatic heterocycles. The Morgan fingerprint density at radius 2 is 2.00 bits per heavy atom. The van der Waals surface area contributed by atoms with Gasteiger partial charge >= 0.3 is 5.97 Å². The molecule has 0 saturated heterocycles. The van der Waals surface area contributed by atoms with E-state index >= 15 is 0 Å². The fourth-order valence-corrected chi connectivity index (χ4v) is 3.80. The Morgan fingerprint density at radius 3 is 2.67 bits per heavy atom. The predicted octanol–water partition coefficient (Wildman–Crippen LogP) is 1.64. The standard InChI is InChI=1S/C15H17FN2O3/c16-11-6-9(17)3-4-10(11)14(19)18-13-8-2-1-7(5-8)12(13)15(20)21/h3-4,6-8,12-13H,1-2,5,17H2,(H,18,19)(H,20,21). The summed E-state index contributed by atoms with van der Waals surface area (Å²) in [6, 6.07) is 3.45. The van der Waals surface area contributed by atoms with Gasteiger partial charge < -0.3 is 16.2 Å². The molecule has 112 valence electrons. The first-order chi connectivity index (χ1) is 9.97. The fraction of sp³-hybridized carbons (Fsp3) is 0.467. The summed E-state index contributed by atoms with van der Waals surface area (Å²) in [6.07, 6.45) is 2.64. The molecular formula is C15H17FN2O3. The molecule has 4 N–H and O–H groups in total. The normalized spacial score (nSPS) is 30.3. The quantitative estimate of drug-likeness (QED) is 0.738. The summed E-state index contributed by atoms with van der Waals surface area (Å²) in [5.41, 5.74) is 5.60. The molecule has 2 aliphatic carbocycles. The lowest BCUT2D eigenvalue weighted by molar-refractivity contribution is -0.144. The van der Waals surface area contributed by atoms with Crippen LogP contribution in [0.1, 0.15) is 29.6 Å². The number of carbonyl (C=O) groups excluding carboxylic acids is 1. The van der Waals surface area contributed by atoms with Gasteiger partial charge in [-0.05, 0) is 49.3 Å². The van der Waals surface area contributed by atoms with Crippen molar-refractivity contribution < 1.29 is 19.1 Å². The number of carboxylic acids is 1. The van der Waals surface area contributed by atoms with Crippen molar-refractivity contribution in [2.45, 2.75) is 25.3 Å². The van der Waals surface area contributed by atoms with Crippen LogP contribution in [0.15, 0.2) is 18.2 Å². The Morgan fingerprint density at radius 1 is 1.29 bits per heavy atom. The van der Waals surface area contributed by atoms with Crippen LogP contribution in [-0.2, 0) is 4.79 Å². The summed E-state index contributed by atoms with van der Waals surface area (Å²) in [5.74, 6) is -2.42. The van der Waals surface area contributed by atoms with Gasteiger partial charge in [0.1, 0.15) is 5.82 Å². The van der Waals surface area contributed by atoms with Crippen LogP contribution in [0.25, 0.3) is 0 Å². The summed E-state index contributed by atoms with van der Waals surface area (Å²) in [5, 5.41) is 12.1. The van der Waals surface area contributed by atoms with E-state index in [1.807, 2.05) is 0 Å². The van der Waals surface area contributed by atoms with Gasteiger partial charge in [-0.2, -0.15) is 0 Å². The highest BCUT2D eigenvalue weighted by atomic mass is 19.1. The molecule has 5 nitrogen and oxygen atoms in total. The first-order valence-corrected chi connectivity index (χ1v) is 7.06. The minimum absolute atomic E-state index is 0.101. The summed E-state index contributed by atoms with van der Waals surface area (Å²) < 4.78 is 13.8. The maximum Gasteiger partial charge on any atom is 0.308 e. The van der Waals surface area contributed by atoms with Crippen LogP contribution in [0, 0.1) is 23.6 Å². The van der Waals surface area contributed by atoms with Crippen LogP contribution in [0.5, 0.6) is 0 Å². The smallest absolute Gasteiger partial charge is 0.308 e. The van der Waals surface area contributed by atoms with E-state index in [-0.39, 0.29) is 23.1 Å². The minimum Gasteiger partial charge on any atom is -0.481 e. The molecule has 1 aromatic carbocycles. The largest absolute Gasteiger partial charge is 0.481 e. The van der Waals surface area contributed by atoms with E-state index in [2.05, 4.69) is 5.32 Å². The van der Waals surface area contributed by atoms with Crippen molar-refractivity contribution in [3.8, 4) is 0 Å². The third-order valence-corrected chi connectivity index (χ3v) is 4.74. The van der Waals surface area contributed by atoms with Gasteiger partial charge in [0, 0.05) is 11.7 Å². The van der Waals surface area contributed by atoms with E-state index < -0.39 is 29.7 Å². The van der Waals surface area contributed by atoms with Crippen molar-refractivity contribution in [1.29, 1.82) is 0 Å². The number of fused-ring (bicyclic) bond motifs is 2. The SMILES string of the molecule is Nc1ccc(C(=O)NC2C3CCC(C3)C2C(=O)O)c(F)c1. The van der Waals surface area contributed by atoms with Crippen molar-refractivity contribution in [1.82, 2.24) is 5.32 Å². The number of halogens is 1. The number of nitrogen functional groups attached to an aromatic ring is 1. The van der Waals surface area contributed by atoms with E-state index in [9.17, 15) is 19.1 Å². The van der Waals surface area contributed by atoms with Crippen molar-refractivity contribution in [2.75, 3.05) is 5.73 Å². The number of benzene rings is 1. The first-order valence-electron chi connectivity index (χ1n) is 7.06. The first kappa shape index (κ1) is 13.9. The molecule has 2 aliphatic rings. The van der Waals surface area contributed by atoms with Gasteiger partial charge in [0.25, 0.3) is 5.91 Å². The van der Waals surface area contributed by atoms with Gasteiger partial charge in [-0.15, -0.1) is 0 Å². The van der Waals surface area contributed by atoms with Gasteiger partial charge in [0.2, 0.25) is 0 Å². The Kier molecular flexibility index (Phi) is 3.31. The second-order valence-corrected chi connectivity index (χ2v) is 5.94. The molecule has 0 heterocycles. The zero-order valence-electron chi connectivity index (χ0n) is 11.4. The lowest BCUT2D eigenvalue weighted by atomic mass is 9.84. The van der Waals surface area contributed by atoms with E-state index in [4.69, 9.17) is 5.73 Å². The van der Waals surface area contributed by atoms with E-state index in [0.29, 0.717) is 0 Å². The van der Waals surface area contributed by atoms with Gasteiger partial charge in [-0.3, -0.25) is 9.59 Å². The Balaban J connectivity index is 1.79. The van der Waals surface area contributed by atoms with Crippen LogP contribution >= 0.6 is 0 Å². The third-order valence-electron chi connectivity index (χ3n) is 4.74. The highest BCUT2D eigenvalue weighted by molar-refractivity contribution is 5.95. The van der Waals surface area contributed by atoms with E-state index in [0.717, 1.165) is 25.3 Å². The molecule has 2 bridgehead atoms. The Hall–Kier alpha value is -2.11. The van der Waals surface area contributed by atoms with E-state index in [1.54, 1.807) is 0 Å². The molecule has 6 heteroatoms. The Labute approximate surface area is 121 Å². The number of nitrogens with two attached hydrogens (primary N) is 1. The predicted molar refractivity (Wildman–Crippen MR) is 74.0 cm³/mol. The lowest BCUT2D eigenvalue weighted by Crippen LogP contribution is -2.47. The molecule has 0 radical (unpaired) electrons. The number of rotatable bonds is 3. The molecule has 1 amide bonds. The topological polar surface area (TPSA) is 92.4 Å². The van der Waals surface area contributed by atoms with Crippen LogP contribution in [0.2, 0.25) is 0 Å². The molecule has 1 aromatic rings. The summed E-state index contributed by atoms with van der Waals surface area (Å²) in [6.45, 7) is 0. The molecule has 21 heavy (non-hydrogen) atoms. The highest BCUT2D eigenvalue weighted by Crippen LogP contribution is 2.48. The summed E-state index contributed by atoms with van der Waals surface area (Å²) >= 11 is 0. The monoisotopic (exact) mass is 292 g/mol. The number of carboxylic acid groups (broad SMARTS) is 1. The summed E-state index contributed by atoms with van der Waals surface area (Å²) in [7, 11) is 0. The zero-order chi connectivity index (χ0) is 15.1.